The van der Waals surface area contributed by atoms with E-state index in [1.54, 1.807) is 37.6 Å². The number of carbonyl (C=O) groups is 1. The predicted octanol–water partition coefficient (Wildman–Crippen LogP) is 3.86. The van der Waals surface area contributed by atoms with Crippen molar-refractivity contribution in [2.45, 2.75) is 13.2 Å². The topological polar surface area (TPSA) is 55.8 Å². The Hall–Kier alpha value is -3.02. The lowest BCUT2D eigenvalue weighted by Crippen LogP contribution is -2.25. The molecule has 3 rings (SSSR count). The van der Waals surface area contributed by atoms with E-state index in [1.165, 1.54) is 29.2 Å². The number of benzene rings is 1. The molecule has 2 heterocycles. The van der Waals surface area contributed by atoms with Crippen LogP contribution >= 0.6 is 0 Å². The molecule has 0 aliphatic rings. The number of hydrogen-bond acceptors (Lipinski definition) is 4. The molecule has 3 aromatic rings. The van der Waals surface area contributed by atoms with Crippen molar-refractivity contribution in [3.8, 4) is 5.75 Å². The van der Waals surface area contributed by atoms with Gasteiger partial charge in [-0.1, -0.05) is 0 Å². The normalized spacial score (nSPS) is 10.6. The number of amides is 1. The van der Waals surface area contributed by atoms with Crippen LogP contribution in [0.2, 0.25) is 0 Å². The first-order valence-corrected chi connectivity index (χ1v) is 7.37. The van der Waals surface area contributed by atoms with Crippen LogP contribution in [0.4, 0.5) is 4.39 Å². The molecule has 0 spiro atoms. The van der Waals surface area contributed by atoms with Crippen LogP contribution in [-0.2, 0) is 13.2 Å². The average Bonchev–Trinajstić information content (AvgIpc) is 3.25. The fourth-order valence-corrected chi connectivity index (χ4v) is 2.15. The van der Waals surface area contributed by atoms with E-state index in [4.69, 9.17) is 13.6 Å². The second-order valence-corrected chi connectivity index (χ2v) is 5.25. The van der Waals surface area contributed by atoms with Gasteiger partial charge in [0.2, 0.25) is 0 Å². The molecule has 5 nitrogen and oxygen atoms in total. The van der Waals surface area contributed by atoms with Crippen molar-refractivity contribution in [1.29, 1.82) is 0 Å². The van der Waals surface area contributed by atoms with Crippen LogP contribution in [-0.4, -0.2) is 17.9 Å². The number of ether oxygens (including phenoxy) is 1. The molecule has 1 aromatic carbocycles. The van der Waals surface area contributed by atoms with Crippen LogP contribution < -0.4 is 4.74 Å². The highest BCUT2D eigenvalue weighted by Gasteiger charge is 2.17. The van der Waals surface area contributed by atoms with Crippen molar-refractivity contribution in [3.05, 3.63) is 77.9 Å². The van der Waals surface area contributed by atoms with Crippen LogP contribution in [0.1, 0.15) is 22.1 Å². The smallest absolute Gasteiger partial charge is 0.289 e. The number of furan rings is 2. The summed E-state index contributed by atoms with van der Waals surface area (Å²) in [6.07, 6.45) is 1.56. The van der Waals surface area contributed by atoms with E-state index in [0.717, 1.165) is 0 Å². The Bertz CT molecular complexity index is 793. The Morgan fingerprint density at radius 3 is 2.62 bits per heavy atom. The number of hydrogen-bond donors (Lipinski definition) is 0. The molecule has 124 valence electrons. The number of rotatable bonds is 6. The largest absolute Gasteiger partial charge is 0.486 e. The maximum Gasteiger partial charge on any atom is 0.289 e. The Morgan fingerprint density at radius 1 is 1.12 bits per heavy atom. The van der Waals surface area contributed by atoms with Crippen molar-refractivity contribution >= 4 is 5.91 Å². The summed E-state index contributed by atoms with van der Waals surface area (Å²) in [7, 11) is 1.67. The van der Waals surface area contributed by atoms with Crippen LogP contribution in [0.15, 0.2) is 63.6 Å². The zero-order chi connectivity index (χ0) is 16.9. The van der Waals surface area contributed by atoms with E-state index >= 15 is 0 Å². The predicted molar refractivity (Wildman–Crippen MR) is 83.9 cm³/mol. The average molecular weight is 329 g/mol. The molecule has 0 aliphatic carbocycles. The summed E-state index contributed by atoms with van der Waals surface area (Å²) in [5.41, 5.74) is 0. The third-order valence-electron chi connectivity index (χ3n) is 3.39. The Labute approximate surface area is 138 Å². The van der Waals surface area contributed by atoms with Crippen molar-refractivity contribution in [2.24, 2.45) is 0 Å². The van der Waals surface area contributed by atoms with Crippen LogP contribution in [0.5, 0.6) is 5.75 Å². The van der Waals surface area contributed by atoms with Gasteiger partial charge in [-0.25, -0.2) is 4.39 Å². The quantitative estimate of drug-likeness (QED) is 0.689. The molecule has 1 amide bonds. The molecule has 0 saturated heterocycles. The fraction of sp³-hybridized carbons (Fsp3) is 0.167. The molecule has 6 heteroatoms. The molecule has 0 saturated carbocycles. The molecular weight excluding hydrogens is 313 g/mol. The van der Waals surface area contributed by atoms with Crippen molar-refractivity contribution < 1.29 is 22.8 Å². The highest BCUT2D eigenvalue weighted by Crippen LogP contribution is 2.16. The molecule has 0 atom stereocenters. The zero-order valence-corrected chi connectivity index (χ0v) is 13.1. The van der Waals surface area contributed by atoms with Crippen molar-refractivity contribution in [3.63, 3.8) is 0 Å². The number of carbonyl (C=O) groups excluding carboxylic acids is 1. The maximum atomic E-state index is 12.8. The van der Waals surface area contributed by atoms with Crippen molar-refractivity contribution in [2.75, 3.05) is 7.05 Å². The summed E-state index contributed by atoms with van der Waals surface area (Å²) in [6, 6.07) is 12.5. The summed E-state index contributed by atoms with van der Waals surface area (Å²) in [6.45, 7) is 0.509. The van der Waals surface area contributed by atoms with Gasteiger partial charge in [-0.3, -0.25) is 4.79 Å². The van der Waals surface area contributed by atoms with Gasteiger partial charge in [0.25, 0.3) is 5.91 Å². The number of nitrogens with zero attached hydrogens (tertiary/aromatic N) is 1. The van der Waals surface area contributed by atoms with E-state index in [9.17, 15) is 9.18 Å². The highest BCUT2D eigenvalue weighted by atomic mass is 19.1. The minimum atomic E-state index is -0.326. The Balaban J connectivity index is 1.58. The minimum Gasteiger partial charge on any atom is -0.486 e. The van der Waals surface area contributed by atoms with Gasteiger partial charge in [-0.05, 0) is 48.5 Å². The molecule has 0 bridgehead atoms. The summed E-state index contributed by atoms with van der Waals surface area (Å²) in [4.78, 5) is 13.8. The van der Waals surface area contributed by atoms with E-state index in [2.05, 4.69) is 0 Å². The van der Waals surface area contributed by atoms with Gasteiger partial charge in [-0.2, -0.15) is 0 Å². The summed E-state index contributed by atoms with van der Waals surface area (Å²) < 4.78 is 29.0. The number of halogens is 1. The van der Waals surface area contributed by atoms with Gasteiger partial charge in [0.05, 0.1) is 12.8 Å². The SMILES string of the molecule is CN(Cc1ccco1)C(=O)c1ccc(COc2ccc(F)cc2)o1. The summed E-state index contributed by atoms with van der Waals surface area (Å²) in [5.74, 6) is 1.37. The lowest BCUT2D eigenvalue weighted by molar-refractivity contribution is 0.0739. The molecule has 2 aromatic heterocycles. The van der Waals surface area contributed by atoms with Crippen LogP contribution in [0.25, 0.3) is 0 Å². The second-order valence-electron chi connectivity index (χ2n) is 5.25. The first-order chi connectivity index (χ1) is 11.6. The monoisotopic (exact) mass is 329 g/mol. The lowest BCUT2D eigenvalue weighted by atomic mass is 10.3. The van der Waals surface area contributed by atoms with Crippen molar-refractivity contribution in [1.82, 2.24) is 4.90 Å². The third kappa shape index (κ3) is 3.84. The molecular formula is C18H16FNO4. The molecule has 0 unspecified atom stereocenters. The van der Waals surface area contributed by atoms with Gasteiger partial charge >= 0.3 is 0 Å². The van der Waals surface area contributed by atoms with Crippen LogP contribution in [0, 0.1) is 5.82 Å². The first kappa shape index (κ1) is 15.9. The van der Waals surface area contributed by atoms with Gasteiger partial charge in [-0.15, -0.1) is 0 Å². The second kappa shape index (κ2) is 7.04. The highest BCUT2D eigenvalue weighted by molar-refractivity contribution is 5.91. The fourth-order valence-electron chi connectivity index (χ4n) is 2.15. The minimum absolute atomic E-state index is 0.154. The summed E-state index contributed by atoms with van der Waals surface area (Å²) >= 11 is 0. The standard InChI is InChI=1S/C18H16FNO4/c1-20(11-15-3-2-10-22-15)18(21)17-9-8-16(24-17)12-23-14-6-4-13(19)5-7-14/h2-10H,11-12H2,1H3. The first-order valence-electron chi connectivity index (χ1n) is 7.37. The molecule has 0 fully saturated rings. The zero-order valence-electron chi connectivity index (χ0n) is 13.1. The van der Waals surface area contributed by atoms with E-state index in [1.807, 2.05) is 0 Å². The van der Waals surface area contributed by atoms with E-state index < -0.39 is 0 Å². The van der Waals surface area contributed by atoms with Gasteiger partial charge in [0.15, 0.2) is 5.76 Å². The van der Waals surface area contributed by atoms with Gasteiger partial charge in [0, 0.05) is 7.05 Å². The Kier molecular flexibility index (Phi) is 4.65. The van der Waals surface area contributed by atoms with Gasteiger partial charge < -0.3 is 18.5 Å². The molecule has 0 aliphatic heterocycles. The maximum absolute atomic E-state index is 12.8. The molecule has 0 radical (unpaired) electrons. The lowest BCUT2D eigenvalue weighted by Gasteiger charge is -2.13. The third-order valence-corrected chi connectivity index (χ3v) is 3.39. The van der Waals surface area contributed by atoms with E-state index in [0.29, 0.717) is 23.8 Å². The van der Waals surface area contributed by atoms with E-state index in [-0.39, 0.29) is 24.1 Å². The van der Waals surface area contributed by atoms with Gasteiger partial charge in [0.1, 0.15) is 29.7 Å². The molecule has 24 heavy (non-hydrogen) atoms. The summed E-state index contributed by atoms with van der Waals surface area (Å²) in [5, 5.41) is 0. The molecule has 0 N–H and O–H groups in total. The van der Waals surface area contributed by atoms with Crippen LogP contribution in [0.3, 0.4) is 0 Å². The Morgan fingerprint density at radius 2 is 1.92 bits per heavy atom.